The summed E-state index contributed by atoms with van der Waals surface area (Å²) in [5.74, 6) is -0.604. The number of aliphatic hydroxyl groups excluding tert-OH is 1. The molecule has 14 heteroatoms. The maximum Gasteiger partial charge on any atom is 0.461 e. The van der Waals surface area contributed by atoms with E-state index in [0.29, 0.717) is 0 Å². The molecule has 0 amide bonds. The van der Waals surface area contributed by atoms with Crippen molar-refractivity contribution in [1.82, 2.24) is 0 Å². The van der Waals surface area contributed by atoms with Crippen molar-refractivity contribution >= 4 is 5.69 Å². The fraction of sp³-hybridized carbons (Fsp3) is 0.308. The van der Waals surface area contributed by atoms with Gasteiger partial charge < -0.3 is 19.5 Å². The monoisotopic (exact) mass is 585 g/mol. The summed E-state index contributed by atoms with van der Waals surface area (Å²) in [5, 5.41) is 9.68. The van der Waals surface area contributed by atoms with Crippen molar-refractivity contribution < 1.29 is 58.5 Å². The summed E-state index contributed by atoms with van der Waals surface area (Å²) < 4.78 is 139. The Kier molecular flexibility index (Phi) is 9.44. The first-order valence-corrected chi connectivity index (χ1v) is 11.4. The van der Waals surface area contributed by atoms with Gasteiger partial charge in [-0.15, -0.1) is 0 Å². The molecule has 0 fully saturated rings. The Labute approximate surface area is 221 Å². The highest BCUT2D eigenvalue weighted by Gasteiger charge is 2.44. The maximum absolute atomic E-state index is 13.3. The molecule has 0 unspecified atom stereocenters. The van der Waals surface area contributed by atoms with Crippen molar-refractivity contribution in [2.45, 2.75) is 44.1 Å². The van der Waals surface area contributed by atoms with Crippen LogP contribution in [-0.2, 0) is 19.3 Å². The van der Waals surface area contributed by atoms with Crippen molar-refractivity contribution in [3.8, 4) is 11.5 Å². The molecule has 0 aliphatic carbocycles. The number of anilines is 1. The summed E-state index contributed by atoms with van der Waals surface area (Å²) in [6.45, 7) is -1.74. The zero-order chi connectivity index (χ0) is 29.7. The van der Waals surface area contributed by atoms with E-state index < -0.39 is 55.4 Å². The molecule has 0 aromatic heterocycles. The summed E-state index contributed by atoms with van der Waals surface area (Å²) >= 11 is 0. The summed E-state index contributed by atoms with van der Waals surface area (Å²) in [7, 11) is 0. The molecule has 0 bridgehead atoms. The topological polar surface area (TPSA) is 41.9 Å². The van der Waals surface area contributed by atoms with E-state index in [1.807, 2.05) is 0 Å². The van der Waals surface area contributed by atoms with Gasteiger partial charge >= 0.3 is 24.9 Å². The van der Waals surface area contributed by atoms with Gasteiger partial charge in [0.05, 0.1) is 12.1 Å². The molecular weight excluding hydrogens is 564 g/mol. The van der Waals surface area contributed by atoms with Crippen LogP contribution in [0.1, 0.15) is 16.7 Å². The molecule has 0 radical (unpaired) electrons. The van der Waals surface area contributed by atoms with E-state index in [2.05, 4.69) is 4.74 Å². The van der Waals surface area contributed by atoms with Crippen molar-refractivity contribution in [2.24, 2.45) is 0 Å². The van der Waals surface area contributed by atoms with Crippen molar-refractivity contribution in [2.75, 3.05) is 11.4 Å². The number of hydrogen-bond acceptors (Lipinski definition) is 4. The van der Waals surface area contributed by atoms with Gasteiger partial charge in [-0.05, 0) is 47.5 Å². The molecule has 40 heavy (non-hydrogen) atoms. The molecule has 218 valence electrons. The molecular formula is C26H21F10NO3. The number of ether oxygens (including phenoxy) is 2. The Morgan fingerprint density at radius 1 is 0.750 bits per heavy atom. The second-order valence-electron chi connectivity index (χ2n) is 8.53. The van der Waals surface area contributed by atoms with Gasteiger partial charge in [-0.3, -0.25) is 0 Å². The SMILES string of the molecule is O[C@H](CN(Cc1cccc(OC(F)(F)C(F)F)c1)c1cccc(OCc2cccc(C(F)(F)F)c2)c1)C(F)(F)F. The number of nitrogens with zero attached hydrogens (tertiary/aromatic N) is 1. The number of halogens is 10. The maximum atomic E-state index is 13.3. The summed E-state index contributed by atoms with van der Waals surface area (Å²) in [4.78, 5) is 1.03. The van der Waals surface area contributed by atoms with E-state index in [0.717, 1.165) is 29.2 Å². The molecule has 3 aromatic rings. The Hall–Kier alpha value is -3.68. The van der Waals surface area contributed by atoms with Crippen LogP contribution >= 0.6 is 0 Å². The van der Waals surface area contributed by atoms with Gasteiger partial charge in [-0.25, -0.2) is 0 Å². The van der Waals surface area contributed by atoms with Crippen molar-refractivity contribution in [1.29, 1.82) is 0 Å². The van der Waals surface area contributed by atoms with E-state index in [1.165, 1.54) is 48.5 Å². The lowest BCUT2D eigenvalue weighted by Crippen LogP contribution is -2.40. The molecule has 0 spiro atoms. The lowest BCUT2D eigenvalue weighted by Gasteiger charge is -2.29. The van der Waals surface area contributed by atoms with Crippen LogP contribution in [0.4, 0.5) is 49.6 Å². The van der Waals surface area contributed by atoms with Gasteiger partial charge in [0, 0.05) is 18.3 Å². The number of benzene rings is 3. The molecule has 0 heterocycles. The zero-order valence-electron chi connectivity index (χ0n) is 20.2. The Balaban J connectivity index is 1.84. The lowest BCUT2D eigenvalue weighted by atomic mass is 10.1. The third-order valence-corrected chi connectivity index (χ3v) is 5.39. The molecule has 3 rings (SSSR count). The summed E-state index contributed by atoms with van der Waals surface area (Å²) in [5.41, 5.74) is -0.588. The van der Waals surface area contributed by atoms with Gasteiger partial charge in [0.2, 0.25) is 0 Å². The molecule has 1 N–H and O–H groups in total. The second-order valence-corrected chi connectivity index (χ2v) is 8.53. The average Bonchev–Trinajstić information content (AvgIpc) is 2.86. The third kappa shape index (κ3) is 8.66. The number of alkyl halides is 10. The van der Waals surface area contributed by atoms with Gasteiger partial charge in [0.15, 0.2) is 6.10 Å². The van der Waals surface area contributed by atoms with Crippen LogP contribution in [-0.4, -0.2) is 36.5 Å². The first-order chi connectivity index (χ1) is 18.5. The van der Waals surface area contributed by atoms with Gasteiger partial charge in [-0.1, -0.05) is 30.3 Å². The lowest BCUT2D eigenvalue weighted by molar-refractivity contribution is -0.253. The molecule has 3 aromatic carbocycles. The molecule has 0 aliphatic rings. The van der Waals surface area contributed by atoms with E-state index in [9.17, 15) is 49.0 Å². The highest BCUT2D eigenvalue weighted by molar-refractivity contribution is 5.52. The summed E-state index contributed by atoms with van der Waals surface area (Å²) in [6.07, 6.45) is -21.4. The van der Waals surface area contributed by atoms with Gasteiger partial charge in [0.1, 0.15) is 18.1 Å². The van der Waals surface area contributed by atoms with Crippen molar-refractivity contribution in [3.05, 3.63) is 89.5 Å². The Morgan fingerprint density at radius 3 is 2.02 bits per heavy atom. The number of rotatable bonds is 11. The van der Waals surface area contributed by atoms with E-state index in [-0.39, 0.29) is 29.2 Å². The molecule has 0 saturated heterocycles. The fourth-order valence-corrected chi connectivity index (χ4v) is 3.48. The normalized spacial score (nSPS) is 13.3. The predicted octanol–water partition coefficient (Wildman–Crippen LogP) is 7.45. The van der Waals surface area contributed by atoms with Crippen LogP contribution < -0.4 is 14.4 Å². The Morgan fingerprint density at radius 2 is 1.38 bits per heavy atom. The standard InChI is InChI=1S/C26H21F10NO3/c27-23(28)26(35,36)40-21-9-2-4-16(11-21)13-37(14-22(38)25(32,33)34)19-7-3-8-20(12-19)39-15-17-5-1-6-18(10-17)24(29,30)31/h1-12,22-23,38H,13-15H2/t22-/m1/s1. The van der Waals surface area contributed by atoms with Crippen LogP contribution in [0.2, 0.25) is 0 Å². The van der Waals surface area contributed by atoms with Crippen LogP contribution in [0.15, 0.2) is 72.8 Å². The largest absolute Gasteiger partial charge is 0.489 e. The van der Waals surface area contributed by atoms with Crippen molar-refractivity contribution in [3.63, 3.8) is 0 Å². The smallest absolute Gasteiger partial charge is 0.461 e. The molecule has 1 atom stereocenters. The highest BCUT2D eigenvalue weighted by Crippen LogP contribution is 2.32. The quantitative estimate of drug-likeness (QED) is 0.238. The van der Waals surface area contributed by atoms with E-state index in [4.69, 9.17) is 4.74 Å². The van der Waals surface area contributed by atoms with Crippen LogP contribution in [0, 0.1) is 0 Å². The highest BCUT2D eigenvalue weighted by atomic mass is 19.4. The third-order valence-electron chi connectivity index (χ3n) is 5.39. The zero-order valence-corrected chi connectivity index (χ0v) is 20.2. The van der Waals surface area contributed by atoms with E-state index >= 15 is 0 Å². The molecule has 0 aliphatic heterocycles. The first kappa shape index (κ1) is 30.9. The van der Waals surface area contributed by atoms with Crippen LogP contribution in [0.5, 0.6) is 11.5 Å². The van der Waals surface area contributed by atoms with Crippen LogP contribution in [0.3, 0.4) is 0 Å². The minimum atomic E-state index is -5.01. The van der Waals surface area contributed by atoms with Gasteiger partial charge in [0.25, 0.3) is 0 Å². The van der Waals surface area contributed by atoms with E-state index in [1.54, 1.807) is 0 Å². The number of aliphatic hydroxyl groups is 1. The fourth-order valence-electron chi connectivity index (χ4n) is 3.48. The molecule has 0 saturated carbocycles. The predicted molar refractivity (Wildman–Crippen MR) is 123 cm³/mol. The Bertz CT molecular complexity index is 1260. The van der Waals surface area contributed by atoms with Gasteiger partial charge in [-0.2, -0.15) is 43.9 Å². The van der Waals surface area contributed by atoms with Crippen LogP contribution in [0.25, 0.3) is 0 Å². The minimum absolute atomic E-state index is 0.0640. The number of hydrogen-bond donors (Lipinski definition) is 1. The first-order valence-electron chi connectivity index (χ1n) is 11.4. The minimum Gasteiger partial charge on any atom is -0.489 e. The molecule has 4 nitrogen and oxygen atoms in total. The average molecular weight is 585 g/mol. The second kappa shape index (κ2) is 12.2. The summed E-state index contributed by atoms with van der Waals surface area (Å²) in [6, 6.07) is 14.1.